The zero-order valence-corrected chi connectivity index (χ0v) is 30.9. The molecule has 0 aromatic carbocycles. The Morgan fingerprint density at radius 1 is 0.478 bits per heavy atom. The van der Waals surface area contributed by atoms with Crippen LogP contribution in [0.1, 0.15) is 219 Å². The molecule has 1 atom stereocenters. The monoisotopic (exact) mass is 651 g/mol. The summed E-state index contributed by atoms with van der Waals surface area (Å²) in [6.07, 6.45) is 42.7. The van der Waals surface area contributed by atoms with Crippen molar-refractivity contribution in [1.29, 1.82) is 0 Å². The Morgan fingerprint density at radius 3 is 1.17 bits per heavy atom. The first-order valence-electron chi connectivity index (χ1n) is 20.2. The standard InChI is InChI=1S/C41H78O5/c1-3-5-7-9-11-13-15-17-19-20-21-22-24-26-28-30-32-34-36-41(44)46-39(37-42)38-45-40(43)35-33-31-29-27-25-23-18-16-14-12-10-8-6-4-2/h19-20,39,42H,3-18,21-38H2,1-2H3/b20-19-. The highest BCUT2D eigenvalue weighted by Crippen LogP contribution is 2.15. The van der Waals surface area contributed by atoms with Gasteiger partial charge in [0.15, 0.2) is 6.10 Å². The molecule has 0 rings (SSSR count). The van der Waals surface area contributed by atoms with Crippen molar-refractivity contribution in [3.8, 4) is 0 Å². The summed E-state index contributed by atoms with van der Waals surface area (Å²) in [5.41, 5.74) is 0. The minimum Gasteiger partial charge on any atom is -0.462 e. The summed E-state index contributed by atoms with van der Waals surface area (Å²) in [7, 11) is 0. The molecule has 5 heteroatoms. The Kier molecular flexibility index (Phi) is 37.0. The molecule has 1 unspecified atom stereocenters. The highest BCUT2D eigenvalue weighted by atomic mass is 16.6. The quantitative estimate of drug-likeness (QED) is 0.0411. The van der Waals surface area contributed by atoms with Gasteiger partial charge < -0.3 is 14.6 Å². The molecular formula is C41H78O5. The largest absolute Gasteiger partial charge is 0.462 e. The SMILES string of the molecule is CCCCCCCCC/C=C\CCCCCCCCCC(=O)OC(CO)COC(=O)CCCCCCCCCCCCCCCC. The third-order valence-electron chi connectivity index (χ3n) is 9.06. The van der Waals surface area contributed by atoms with Crippen LogP contribution in [0.2, 0.25) is 0 Å². The molecular weight excluding hydrogens is 572 g/mol. The van der Waals surface area contributed by atoms with E-state index in [2.05, 4.69) is 26.0 Å². The number of rotatable bonds is 37. The highest BCUT2D eigenvalue weighted by molar-refractivity contribution is 5.70. The molecule has 1 N–H and O–H groups in total. The van der Waals surface area contributed by atoms with E-state index in [1.807, 2.05) is 0 Å². The molecule has 0 aromatic heterocycles. The topological polar surface area (TPSA) is 72.8 Å². The van der Waals surface area contributed by atoms with Gasteiger partial charge >= 0.3 is 11.9 Å². The molecule has 0 aliphatic carbocycles. The van der Waals surface area contributed by atoms with Gasteiger partial charge in [-0.1, -0.05) is 180 Å². The fourth-order valence-corrected chi connectivity index (χ4v) is 5.96. The zero-order valence-electron chi connectivity index (χ0n) is 30.9. The molecule has 0 heterocycles. The Hall–Kier alpha value is -1.36. The van der Waals surface area contributed by atoms with Crippen LogP contribution in [0, 0.1) is 0 Å². The van der Waals surface area contributed by atoms with E-state index in [1.54, 1.807) is 0 Å². The molecule has 46 heavy (non-hydrogen) atoms. The lowest BCUT2D eigenvalue weighted by Crippen LogP contribution is -2.28. The minimum absolute atomic E-state index is 0.0615. The maximum Gasteiger partial charge on any atom is 0.306 e. The van der Waals surface area contributed by atoms with E-state index in [-0.39, 0.29) is 25.2 Å². The molecule has 0 fully saturated rings. The molecule has 0 amide bonds. The van der Waals surface area contributed by atoms with Crippen molar-refractivity contribution in [2.45, 2.75) is 225 Å². The molecule has 0 radical (unpaired) electrons. The maximum atomic E-state index is 12.2. The van der Waals surface area contributed by atoms with Crippen LogP contribution in [0.25, 0.3) is 0 Å². The number of esters is 2. The van der Waals surface area contributed by atoms with Crippen LogP contribution in [-0.4, -0.2) is 36.4 Å². The zero-order chi connectivity index (χ0) is 33.6. The van der Waals surface area contributed by atoms with Gasteiger partial charge in [-0.2, -0.15) is 0 Å². The summed E-state index contributed by atoms with van der Waals surface area (Å²) in [5, 5.41) is 9.55. The van der Waals surface area contributed by atoms with Crippen LogP contribution >= 0.6 is 0 Å². The summed E-state index contributed by atoms with van der Waals surface area (Å²) < 4.78 is 10.6. The predicted molar refractivity (Wildman–Crippen MR) is 196 cm³/mol. The van der Waals surface area contributed by atoms with E-state index < -0.39 is 6.10 Å². The number of hydrogen-bond acceptors (Lipinski definition) is 5. The highest BCUT2D eigenvalue weighted by Gasteiger charge is 2.16. The lowest BCUT2D eigenvalue weighted by Gasteiger charge is -2.15. The van der Waals surface area contributed by atoms with Crippen molar-refractivity contribution in [3.63, 3.8) is 0 Å². The Morgan fingerprint density at radius 2 is 0.804 bits per heavy atom. The third-order valence-corrected chi connectivity index (χ3v) is 9.06. The van der Waals surface area contributed by atoms with Gasteiger partial charge in [-0.3, -0.25) is 9.59 Å². The van der Waals surface area contributed by atoms with Crippen molar-refractivity contribution in [2.75, 3.05) is 13.2 Å². The summed E-state index contributed by atoms with van der Waals surface area (Å²) in [6.45, 7) is 4.15. The van der Waals surface area contributed by atoms with Gasteiger partial charge in [0.25, 0.3) is 0 Å². The summed E-state index contributed by atoms with van der Waals surface area (Å²) in [6, 6.07) is 0. The fourth-order valence-electron chi connectivity index (χ4n) is 5.96. The molecule has 272 valence electrons. The van der Waals surface area contributed by atoms with E-state index >= 15 is 0 Å². The van der Waals surface area contributed by atoms with Crippen LogP contribution in [0.5, 0.6) is 0 Å². The Bertz CT molecular complexity index is 661. The van der Waals surface area contributed by atoms with E-state index in [0.29, 0.717) is 12.8 Å². The van der Waals surface area contributed by atoms with E-state index in [1.165, 1.54) is 154 Å². The lowest BCUT2D eigenvalue weighted by molar-refractivity contribution is -0.161. The van der Waals surface area contributed by atoms with Gasteiger partial charge in [-0.05, 0) is 38.5 Å². The van der Waals surface area contributed by atoms with E-state index in [0.717, 1.165) is 38.5 Å². The maximum absolute atomic E-state index is 12.2. The molecule has 5 nitrogen and oxygen atoms in total. The molecule has 0 aliphatic heterocycles. The minimum atomic E-state index is -0.766. The molecule has 0 bridgehead atoms. The van der Waals surface area contributed by atoms with Crippen molar-refractivity contribution in [3.05, 3.63) is 12.2 Å². The van der Waals surface area contributed by atoms with Crippen molar-refractivity contribution in [2.24, 2.45) is 0 Å². The molecule has 0 spiro atoms. The van der Waals surface area contributed by atoms with Crippen molar-refractivity contribution < 1.29 is 24.2 Å². The molecule has 0 aliphatic rings. The number of carbonyl (C=O) groups excluding carboxylic acids is 2. The number of unbranched alkanes of at least 4 members (excludes halogenated alkanes) is 27. The van der Waals surface area contributed by atoms with E-state index in [9.17, 15) is 14.7 Å². The van der Waals surface area contributed by atoms with E-state index in [4.69, 9.17) is 9.47 Å². The average molecular weight is 651 g/mol. The number of aliphatic hydroxyl groups is 1. The molecule has 0 aromatic rings. The van der Waals surface area contributed by atoms with Gasteiger partial charge in [-0.15, -0.1) is 0 Å². The van der Waals surface area contributed by atoms with Gasteiger partial charge in [-0.25, -0.2) is 0 Å². The predicted octanol–water partition coefficient (Wildman–Crippen LogP) is 12.5. The first kappa shape index (κ1) is 44.6. The second kappa shape index (κ2) is 38.1. The molecule has 0 saturated heterocycles. The van der Waals surface area contributed by atoms with Gasteiger partial charge in [0.1, 0.15) is 6.61 Å². The number of hydrogen-bond donors (Lipinski definition) is 1. The number of ether oxygens (including phenoxy) is 2. The third kappa shape index (κ3) is 35.5. The van der Waals surface area contributed by atoms with Crippen LogP contribution < -0.4 is 0 Å². The smallest absolute Gasteiger partial charge is 0.306 e. The van der Waals surface area contributed by atoms with Crippen molar-refractivity contribution in [1.82, 2.24) is 0 Å². The number of aliphatic hydroxyl groups excluding tert-OH is 1. The Balaban J connectivity index is 3.52. The number of allylic oxidation sites excluding steroid dienone is 2. The second-order valence-electron chi connectivity index (χ2n) is 13.7. The first-order valence-corrected chi connectivity index (χ1v) is 20.2. The second-order valence-corrected chi connectivity index (χ2v) is 13.7. The first-order chi connectivity index (χ1) is 22.6. The van der Waals surface area contributed by atoms with Gasteiger partial charge in [0.05, 0.1) is 6.61 Å². The van der Waals surface area contributed by atoms with Crippen molar-refractivity contribution >= 4 is 11.9 Å². The van der Waals surface area contributed by atoms with Gasteiger partial charge in [0, 0.05) is 12.8 Å². The fraction of sp³-hybridized carbons (Fsp3) is 0.902. The summed E-state index contributed by atoms with van der Waals surface area (Å²) >= 11 is 0. The number of carbonyl (C=O) groups is 2. The van der Waals surface area contributed by atoms with Crippen LogP contribution in [0.15, 0.2) is 12.2 Å². The summed E-state index contributed by atoms with van der Waals surface area (Å²) in [5.74, 6) is -0.585. The molecule has 0 saturated carbocycles. The lowest BCUT2D eigenvalue weighted by atomic mass is 10.0. The van der Waals surface area contributed by atoms with Crippen LogP contribution in [0.4, 0.5) is 0 Å². The van der Waals surface area contributed by atoms with Crippen LogP contribution in [0.3, 0.4) is 0 Å². The normalized spacial score (nSPS) is 12.2. The Labute approximate surface area is 286 Å². The average Bonchev–Trinajstić information content (AvgIpc) is 3.06. The van der Waals surface area contributed by atoms with Crippen LogP contribution in [-0.2, 0) is 19.1 Å². The van der Waals surface area contributed by atoms with Gasteiger partial charge in [0.2, 0.25) is 0 Å². The summed E-state index contributed by atoms with van der Waals surface area (Å²) in [4.78, 5) is 24.2.